The van der Waals surface area contributed by atoms with Gasteiger partial charge in [0.05, 0.1) is 0 Å². The fourth-order valence-corrected chi connectivity index (χ4v) is 6.78. The molecule has 0 saturated heterocycles. The van der Waals surface area contributed by atoms with Crippen LogP contribution in [-0.4, -0.2) is 0 Å². The number of rotatable bonds is 12. The van der Waals surface area contributed by atoms with Gasteiger partial charge in [0.15, 0.2) is 0 Å². The van der Waals surface area contributed by atoms with Crippen LogP contribution in [0.2, 0.25) is 0 Å². The number of allylic oxidation sites excluding steroid dienone is 2. The summed E-state index contributed by atoms with van der Waals surface area (Å²) in [6.07, 6.45) is 5.38. The zero-order valence-electron chi connectivity index (χ0n) is 26.3. The van der Waals surface area contributed by atoms with Crippen LogP contribution in [0.3, 0.4) is 0 Å². The third kappa shape index (κ3) is 7.07. The number of hydrogen-bond acceptors (Lipinski definition) is 0. The van der Waals surface area contributed by atoms with Gasteiger partial charge in [0.25, 0.3) is 0 Å². The van der Waals surface area contributed by atoms with E-state index >= 15 is 0 Å². The molecule has 0 bridgehead atoms. The second-order valence-electron chi connectivity index (χ2n) is 12.9. The third-order valence-electron chi connectivity index (χ3n) is 9.78. The predicted octanol–water partition coefficient (Wildman–Crippen LogP) is 12.6. The molecule has 4 atom stereocenters. The highest BCUT2D eigenvalue weighted by atomic mass is 79.9. The summed E-state index contributed by atoms with van der Waals surface area (Å²) in [6.45, 7) is 22.6. The van der Waals surface area contributed by atoms with E-state index in [-0.39, 0.29) is 5.41 Å². The molecule has 1 heteroatoms. The van der Waals surface area contributed by atoms with Crippen LogP contribution in [0.4, 0.5) is 0 Å². The van der Waals surface area contributed by atoms with Gasteiger partial charge in [0, 0.05) is 4.47 Å². The van der Waals surface area contributed by atoms with Crippen molar-refractivity contribution in [2.75, 3.05) is 0 Å². The number of halogens is 1. The molecule has 0 radical (unpaired) electrons. The lowest BCUT2D eigenvalue weighted by molar-refractivity contribution is 0.123. The first-order valence-electron chi connectivity index (χ1n) is 15.4. The van der Waals surface area contributed by atoms with E-state index in [1.54, 1.807) is 0 Å². The molecule has 4 aromatic rings. The van der Waals surface area contributed by atoms with Crippen molar-refractivity contribution in [3.63, 3.8) is 0 Å². The van der Waals surface area contributed by atoms with Crippen LogP contribution in [0.1, 0.15) is 47.1 Å². The van der Waals surface area contributed by atoms with Crippen molar-refractivity contribution >= 4 is 15.9 Å². The van der Waals surface area contributed by atoms with E-state index in [2.05, 4.69) is 180 Å². The van der Waals surface area contributed by atoms with Crippen molar-refractivity contribution in [1.29, 1.82) is 0 Å². The minimum atomic E-state index is 0.0401. The third-order valence-corrected chi connectivity index (χ3v) is 10.4. The Bertz CT molecular complexity index is 1460. The Labute approximate surface area is 263 Å². The first-order valence-corrected chi connectivity index (χ1v) is 16.2. The molecule has 0 spiro atoms. The van der Waals surface area contributed by atoms with Crippen LogP contribution < -0.4 is 0 Å². The van der Waals surface area contributed by atoms with Gasteiger partial charge in [-0.2, -0.15) is 0 Å². The molecule has 4 aromatic carbocycles. The lowest BCUT2D eigenvalue weighted by atomic mass is 9.63. The molecule has 0 N–H and O–H groups in total. The van der Waals surface area contributed by atoms with Crippen molar-refractivity contribution < 1.29 is 0 Å². The van der Waals surface area contributed by atoms with Crippen LogP contribution in [0.25, 0.3) is 33.4 Å². The summed E-state index contributed by atoms with van der Waals surface area (Å²) < 4.78 is 1.10. The maximum atomic E-state index is 4.32. The maximum absolute atomic E-state index is 4.32. The zero-order valence-corrected chi connectivity index (χ0v) is 27.9. The average molecular weight is 620 g/mol. The first kappa shape index (κ1) is 31.8. The Hall–Kier alpha value is -3.16. The van der Waals surface area contributed by atoms with Crippen molar-refractivity contribution in [3.05, 3.63) is 132 Å². The van der Waals surface area contributed by atoms with Crippen LogP contribution in [-0.2, 0) is 6.42 Å². The monoisotopic (exact) mass is 618 g/mol. The largest absolute Gasteiger partial charge is 0.103 e. The highest BCUT2D eigenvalue weighted by Gasteiger charge is 2.36. The fraction of sp³-hybridized carbons (Fsp3) is 0.317. The van der Waals surface area contributed by atoms with E-state index in [4.69, 9.17) is 0 Å². The van der Waals surface area contributed by atoms with Gasteiger partial charge in [0.2, 0.25) is 0 Å². The van der Waals surface area contributed by atoms with Crippen LogP contribution in [0.15, 0.2) is 127 Å². The number of benzene rings is 4. The summed E-state index contributed by atoms with van der Waals surface area (Å²) in [6, 6.07) is 35.2. The molecule has 218 valence electrons. The van der Waals surface area contributed by atoms with Crippen molar-refractivity contribution in [2.24, 2.45) is 35.0 Å². The average Bonchev–Trinajstić information content (AvgIpc) is 3.01. The van der Waals surface area contributed by atoms with E-state index in [9.17, 15) is 0 Å². The van der Waals surface area contributed by atoms with Gasteiger partial charge < -0.3 is 0 Å². The Balaban J connectivity index is 1.76. The molecule has 0 aliphatic heterocycles. The molecule has 0 aromatic heterocycles. The number of hydrogen-bond donors (Lipinski definition) is 0. The van der Waals surface area contributed by atoms with E-state index in [0.29, 0.717) is 29.6 Å². The summed E-state index contributed by atoms with van der Waals surface area (Å²) in [4.78, 5) is 0. The van der Waals surface area contributed by atoms with Crippen LogP contribution >= 0.6 is 15.9 Å². The van der Waals surface area contributed by atoms with Crippen molar-refractivity contribution in [2.45, 2.75) is 48.0 Å². The van der Waals surface area contributed by atoms with Gasteiger partial charge in [-0.25, -0.2) is 0 Å². The lowest BCUT2D eigenvalue weighted by Crippen LogP contribution is -2.36. The van der Waals surface area contributed by atoms with Crippen molar-refractivity contribution in [3.8, 4) is 33.4 Å². The molecule has 0 nitrogen and oxygen atoms in total. The van der Waals surface area contributed by atoms with E-state index in [1.165, 1.54) is 38.9 Å². The van der Waals surface area contributed by atoms with Crippen LogP contribution in [0.5, 0.6) is 0 Å². The molecular formula is C41H47Br. The molecule has 0 aliphatic carbocycles. The first-order chi connectivity index (χ1) is 20.1. The van der Waals surface area contributed by atoms with Gasteiger partial charge in [0.1, 0.15) is 0 Å². The molecule has 4 rings (SSSR count). The molecule has 0 heterocycles. The van der Waals surface area contributed by atoms with Gasteiger partial charge in [-0.3, -0.25) is 0 Å². The minimum absolute atomic E-state index is 0.0401. The summed E-state index contributed by atoms with van der Waals surface area (Å²) in [7, 11) is 0. The normalized spacial score (nSPS) is 14.7. The molecule has 0 amide bonds. The fourth-order valence-electron chi connectivity index (χ4n) is 6.21. The Kier molecular flexibility index (Phi) is 10.5. The molecule has 1 unspecified atom stereocenters. The Morgan fingerprint density at radius 2 is 1.19 bits per heavy atom. The molecule has 0 fully saturated rings. The van der Waals surface area contributed by atoms with E-state index in [1.807, 2.05) is 0 Å². The highest BCUT2D eigenvalue weighted by Crippen LogP contribution is 2.44. The smallest absolute Gasteiger partial charge is 0.0260 e. The predicted molar refractivity (Wildman–Crippen MR) is 188 cm³/mol. The standard InChI is InChI=1S/C41H47Br/c1-9-35(29(5)28(3)4)36(30(6)41(7,8)10-2)25-31-21-23-34(24-22-31)37-26-39(33-19-15-12-16-20-33)40(42)27-38(37)32-17-13-11-14-18-32/h9-24,26-30,35-36H,1-2,25H2,3-8H3/t29-,30-,35-,36?/m1/s1. The lowest BCUT2D eigenvalue weighted by Gasteiger charge is -2.41. The molecular weight excluding hydrogens is 572 g/mol. The minimum Gasteiger partial charge on any atom is -0.103 e. The highest BCUT2D eigenvalue weighted by molar-refractivity contribution is 9.10. The van der Waals surface area contributed by atoms with Gasteiger partial charge >= 0.3 is 0 Å². The van der Waals surface area contributed by atoms with Gasteiger partial charge in [-0.15, -0.1) is 13.2 Å². The summed E-state index contributed by atoms with van der Waals surface area (Å²) in [5.74, 6) is 2.52. The second-order valence-corrected chi connectivity index (χ2v) is 13.8. The molecule has 0 aliphatic rings. The van der Waals surface area contributed by atoms with Gasteiger partial charge in [-0.1, -0.05) is 155 Å². The molecule has 0 saturated carbocycles. The Morgan fingerprint density at radius 1 is 0.690 bits per heavy atom. The topological polar surface area (TPSA) is 0 Å². The maximum Gasteiger partial charge on any atom is 0.0260 e. The van der Waals surface area contributed by atoms with Gasteiger partial charge in [-0.05, 0) is 92.5 Å². The summed E-state index contributed by atoms with van der Waals surface area (Å²) in [5.41, 5.74) is 8.74. The van der Waals surface area contributed by atoms with Crippen molar-refractivity contribution in [1.82, 2.24) is 0 Å². The second kappa shape index (κ2) is 13.9. The summed E-state index contributed by atoms with van der Waals surface area (Å²) in [5, 5.41) is 0. The van der Waals surface area contributed by atoms with Crippen LogP contribution in [0, 0.1) is 35.0 Å². The zero-order chi connectivity index (χ0) is 30.4. The quantitative estimate of drug-likeness (QED) is 0.138. The van der Waals surface area contributed by atoms with E-state index < -0.39 is 0 Å². The summed E-state index contributed by atoms with van der Waals surface area (Å²) >= 11 is 3.89. The van der Waals surface area contributed by atoms with E-state index in [0.717, 1.165) is 10.9 Å². The SMILES string of the molecule is C=C[C@@H](C(Cc1ccc(-c2cc(-c3ccccc3)c(Br)cc2-c2ccccc2)cc1)[C@@H](C)C(C)(C)C=C)[C@H](C)C(C)C. The Morgan fingerprint density at radius 3 is 1.69 bits per heavy atom. The molecule has 42 heavy (non-hydrogen) atoms.